The van der Waals surface area contributed by atoms with Gasteiger partial charge in [-0.25, -0.2) is 4.98 Å². The van der Waals surface area contributed by atoms with Crippen LogP contribution in [0.5, 0.6) is 11.5 Å². The van der Waals surface area contributed by atoms with Crippen molar-refractivity contribution in [1.29, 1.82) is 0 Å². The van der Waals surface area contributed by atoms with E-state index in [4.69, 9.17) is 14.5 Å². The molecule has 1 heterocycles. The molecule has 0 unspecified atom stereocenters. The standard InChI is InChI=1S/C32H34BrN3O3/c1-5-8-13-30-35-28-15-14-26(33)19-27(28)32(37)36(30)34-20-24-17-25(10-6-2)31(29(18-24)38-7-3)39-21-23-12-9-11-22(4)16-23/h6,9,11-12,14-20H,2,5,7-8,10,13,21H2,1,3-4H3. The van der Waals surface area contributed by atoms with Gasteiger partial charge in [-0.3, -0.25) is 4.79 Å². The van der Waals surface area contributed by atoms with Gasteiger partial charge in [-0.15, -0.1) is 6.58 Å². The van der Waals surface area contributed by atoms with Crippen LogP contribution in [0.4, 0.5) is 0 Å². The van der Waals surface area contributed by atoms with Gasteiger partial charge in [0.15, 0.2) is 11.5 Å². The molecule has 0 aliphatic heterocycles. The Balaban J connectivity index is 1.74. The number of aromatic nitrogens is 2. The second-order valence-electron chi connectivity index (χ2n) is 9.37. The van der Waals surface area contributed by atoms with Crippen molar-refractivity contribution in [3.63, 3.8) is 0 Å². The Bertz CT molecular complexity index is 1560. The number of benzene rings is 3. The van der Waals surface area contributed by atoms with Crippen LogP contribution in [0.25, 0.3) is 10.9 Å². The molecule has 3 aromatic carbocycles. The number of ether oxygens (including phenoxy) is 2. The number of fused-ring (bicyclic) bond motifs is 1. The molecular formula is C32H34BrN3O3. The van der Waals surface area contributed by atoms with Crippen LogP contribution in [0.15, 0.2) is 81.6 Å². The Morgan fingerprint density at radius 3 is 2.69 bits per heavy atom. The monoisotopic (exact) mass is 587 g/mol. The molecule has 0 bridgehead atoms. The Kier molecular flexibility index (Phi) is 9.71. The molecule has 0 N–H and O–H groups in total. The van der Waals surface area contributed by atoms with E-state index >= 15 is 0 Å². The summed E-state index contributed by atoms with van der Waals surface area (Å²) in [6.07, 6.45) is 6.68. The number of aryl methyl sites for hydroxylation is 2. The Morgan fingerprint density at radius 1 is 1.10 bits per heavy atom. The Hall–Kier alpha value is -3.71. The lowest BCUT2D eigenvalue weighted by atomic mass is 10.1. The normalized spacial score (nSPS) is 11.3. The highest BCUT2D eigenvalue weighted by molar-refractivity contribution is 9.10. The van der Waals surface area contributed by atoms with Crippen molar-refractivity contribution in [2.24, 2.45) is 5.10 Å². The summed E-state index contributed by atoms with van der Waals surface area (Å²) in [7, 11) is 0. The first-order valence-corrected chi connectivity index (χ1v) is 14.1. The lowest BCUT2D eigenvalue weighted by molar-refractivity contribution is 0.267. The molecule has 4 aromatic rings. The average Bonchev–Trinajstić information content (AvgIpc) is 2.92. The summed E-state index contributed by atoms with van der Waals surface area (Å²) in [6, 6.07) is 17.7. The van der Waals surface area contributed by atoms with Gasteiger partial charge in [0.1, 0.15) is 12.4 Å². The van der Waals surface area contributed by atoms with E-state index in [2.05, 4.69) is 53.6 Å². The molecule has 0 saturated carbocycles. The van der Waals surface area contributed by atoms with Gasteiger partial charge in [0.25, 0.3) is 5.56 Å². The van der Waals surface area contributed by atoms with Crippen molar-refractivity contribution in [3.05, 3.63) is 110 Å². The predicted octanol–water partition coefficient (Wildman–Crippen LogP) is 7.40. The summed E-state index contributed by atoms with van der Waals surface area (Å²) < 4.78 is 14.5. The largest absolute Gasteiger partial charge is 0.490 e. The molecule has 0 fully saturated rings. The summed E-state index contributed by atoms with van der Waals surface area (Å²) in [6.45, 7) is 11.0. The van der Waals surface area contributed by atoms with Crippen molar-refractivity contribution in [1.82, 2.24) is 9.66 Å². The van der Waals surface area contributed by atoms with Gasteiger partial charge in [0.05, 0.1) is 23.7 Å². The summed E-state index contributed by atoms with van der Waals surface area (Å²) in [4.78, 5) is 18.2. The van der Waals surface area contributed by atoms with Crippen molar-refractivity contribution in [2.75, 3.05) is 6.61 Å². The van der Waals surface area contributed by atoms with Crippen molar-refractivity contribution in [3.8, 4) is 11.5 Å². The van der Waals surface area contributed by atoms with E-state index in [0.717, 1.165) is 34.0 Å². The van der Waals surface area contributed by atoms with Crippen molar-refractivity contribution < 1.29 is 9.47 Å². The molecule has 0 spiro atoms. The van der Waals surface area contributed by atoms with Crippen LogP contribution >= 0.6 is 15.9 Å². The highest BCUT2D eigenvalue weighted by Gasteiger charge is 2.15. The zero-order chi connectivity index (χ0) is 27.8. The number of allylic oxidation sites excluding steroid dienone is 1. The van der Waals surface area contributed by atoms with E-state index in [1.807, 2.05) is 49.4 Å². The quantitative estimate of drug-likeness (QED) is 0.128. The molecule has 0 aliphatic carbocycles. The maximum atomic E-state index is 13.5. The fourth-order valence-corrected chi connectivity index (χ4v) is 4.75. The summed E-state index contributed by atoms with van der Waals surface area (Å²) in [5.74, 6) is 1.96. The van der Waals surface area contributed by atoms with Crippen LogP contribution < -0.4 is 15.0 Å². The van der Waals surface area contributed by atoms with Gasteiger partial charge >= 0.3 is 0 Å². The zero-order valence-electron chi connectivity index (χ0n) is 22.7. The lowest BCUT2D eigenvalue weighted by Crippen LogP contribution is -2.22. The minimum Gasteiger partial charge on any atom is -0.490 e. The maximum Gasteiger partial charge on any atom is 0.282 e. The minimum absolute atomic E-state index is 0.196. The molecule has 0 radical (unpaired) electrons. The predicted molar refractivity (Wildman–Crippen MR) is 162 cm³/mol. The first kappa shape index (κ1) is 28.3. The number of unbranched alkanes of at least 4 members (excludes halogenated alkanes) is 1. The third-order valence-corrected chi connectivity index (χ3v) is 6.73. The van der Waals surface area contributed by atoms with E-state index in [9.17, 15) is 4.79 Å². The molecule has 4 rings (SSSR count). The van der Waals surface area contributed by atoms with Gasteiger partial charge < -0.3 is 9.47 Å². The SMILES string of the molecule is C=CCc1cc(C=Nn2c(CCCC)nc3ccc(Br)cc3c2=O)cc(OCC)c1OCc1cccc(C)c1. The fourth-order valence-electron chi connectivity index (χ4n) is 4.38. The smallest absolute Gasteiger partial charge is 0.282 e. The van der Waals surface area contributed by atoms with Crippen molar-refractivity contribution >= 4 is 33.0 Å². The lowest BCUT2D eigenvalue weighted by Gasteiger charge is -2.17. The number of nitrogens with zero attached hydrogens (tertiary/aromatic N) is 3. The molecule has 6 nitrogen and oxygen atoms in total. The number of halogens is 1. The van der Waals surface area contributed by atoms with Gasteiger partial charge in [-0.05, 0) is 68.1 Å². The first-order chi connectivity index (χ1) is 18.9. The molecule has 0 atom stereocenters. The molecule has 39 heavy (non-hydrogen) atoms. The van der Waals surface area contributed by atoms with E-state index in [0.29, 0.717) is 54.3 Å². The second kappa shape index (κ2) is 13.4. The minimum atomic E-state index is -0.196. The third kappa shape index (κ3) is 7.03. The third-order valence-electron chi connectivity index (χ3n) is 6.24. The van der Waals surface area contributed by atoms with Crippen LogP contribution in [0.1, 0.15) is 54.8 Å². The molecule has 0 saturated heterocycles. The molecule has 202 valence electrons. The van der Waals surface area contributed by atoms with Gasteiger partial charge in [-0.2, -0.15) is 9.78 Å². The van der Waals surface area contributed by atoms with Gasteiger partial charge in [0, 0.05) is 16.5 Å². The van der Waals surface area contributed by atoms with E-state index in [1.165, 1.54) is 10.2 Å². The van der Waals surface area contributed by atoms with Crippen molar-refractivity contribution in [2.45, 2.75) is 53.1 Å². The molecule has 7 heteroatoms. The average molecular weight is 589 g/mol. The summed E-state index contributed by atoms with van der Waals surface area (Å²) in [5.41, 5.74) is 4.47. The zero-order valence-corrected chi connectivity index (χ0v) is 24.3. The molecule has 1 aromatic heterocycles. The molecular weight excluding hydrogens is 554 g/mol. The van der Waals surface area contributed by atoms with E-state index < -0.39 is 0 Å². The Morgan fingerprint density at radius 2 is 1.95 bits per heavy atom. The number of rotatable bonds is 12. The second-order valence-corrected chi connectivity index (χ2v) is 10.3. The first-order valence-electron chi connectivity index (χ1n) is 13.3. The van der Waals surface area contributed by atoms with E-state index in [1.54, 1.807) is 12.3 Å². The van der Waals surface area contributed by atoms with Gasteiger partial charge in [0.2, 0.25) is 0 Å². The van der Waals surface area contributed by atoms with Crippen LogP contribution in [0.3, 0.4) is 0 Å². The maximum absolute atomic E-state index is 13.5. The van der Waals surface area contributed by atoms with E-state index in [-0.39, 0.29) is 5.56 Å². The number of hydrogen-bond acceptors (Lipinski definition) is 5. The van der Waals surface area contributed by atoms with Gasteiger partial charge in [-0.1, -0.05) is 65.2 Å². The highest BCUT2D eigenvalue weighted by atomic mass is 79.9. The number of hydrogen-bond donors (Lipinski definition) is 0. The summed E-state index contributed by atoms with van der Waals surface area (Å²) >= 11 is 3.46. The van der Waals surface area contributed by atoms with Crippen LogP contribution in [0.2, 0.25) is 0 Å². The molecule has 0 amide bonds. The fraction of sp³-hybridized carbons (Fsp3) is 0.281. The van der Waals surface area contributed by atoms with Crippen LogP contribution in [-0.2, 0) is 19.4 Å². The highest BCUT2D eigenvalue weighted by Crippen LogP contribution is 2.34. The topological polar surface area (TPSA) is 65.7 Å². The van der Waals surface area contributed by atoms with Crippen LogP contribution in [0, 0.1) is 6.92 Å². The molecule has 0 aliphatic rings. The van der Waals surface area contributed by atoms with Crippen LogP contribution in [-0.4, -0.2) is 22.5 Å². The summed E-state index contributed by atoms with van der Waals surface area (Å²) in [5, 5.41) is 5.14. The Labute approximate surface area is 238 Å².